The first-order valence-electron chi connectivity index (χ1n) is 7.70. The molecule has 2 atom stereocenters. The molecule has 0 saturated carbocycles. The summed E-state index contributed by atoms with van der Waals surface area (Å²) in [5.74, 6) is 0.578. The lowest BCUT2D eigenvalue weighted by molar-refractivity contribution is -0.122. The molecule has 3 nitrogen and oxygen atoms in total. The Hall–Kier alpha value is -1.00. The van der Waals surface area contributed by atoms with E-state index in [-0.39, 0.29) is 13.1 Å². The van der Waals surface area contributed by atoms with E-state index in [1.807, 2.05) is 24.8 Å². The Kier molecular flexibility index (Phi) is 6.95. The molecule has 22 heavy (non-hydrogen) atoms. The fraction of sp³-hybridized carbons (Fsp3) is 0.611. The molecule has 0 radical (unpaired) electrons. The fourth-order valence-electron chi connectivity index (χ4n) is 3.26. The van der Waals surface area contributed by atoms with Crippen molar-refractivity contribution < 1.29 is 15.0 Å². The van der Waals surface area contributed by atoms with Crippen molar-refractivity contribution in [3.63, 3.8) is 0 Å². The van der Waals surface area contributed by atoms with Crippen LogP contribution in [0.15, 0.2) is 34.3 Å². The topological polar surface area (TPSA) is 57.5 Å². The quantitative estimate of drug-likeness (QED) is 0.597. The van der Waals surface area contributed by atoms with Gasteiger partial charge in [0.15, 0.2) is 0 Å². The second-order valence-corrected chi connectivity index (χ2v) is 8.06. The lowest BCUT2D eigenvalue weighted by Crippen LogP contribution is -2.21. The van der Waals surface area contributed by atoms with Crippen LogP contribution in [0.5, 0.6) is 0 Å². The van der Waals surface area contributed by atoms with Crippen LogP contribution >= 0.6 is 11.8 Å². The van der Waals surface area contributed by atoms with Gasteiger partial charge in [0, 0.05) is 5.25 Å². The van der Waals surface area contributed by atoms with Crippen molar-refractivity contribution in [2.24, 2.45) is 11.3 Å². The first-order valence-corrected chi connectivity index (χ1v) is 8.58. The highest BCUT2D eigenvalue weighted by molar-refractivity contribution is 8.04. The Morgan fingerprint density at radius 1 is 1.50 bits per heavy atom. The van der Waals surface area contributed by atoms with Gasteiger partial charge in [-0.2, -0.15) is 0 Å². The number of rotatable bonds is 3. The second-order valence-electron chi connectivity index (χ2n) is 6.82. The standard InChI is InChI=1S/C17H26OS.CH2O2/c1-6-13(11(2)10-18)16-12(3)14-9-17(4,5)8-7-15(14)19-16;2-1-3/h6,12,16,18H,1,7-10H2,2-5H3;1H,(H,2,3)/b13-11-;. The molecule has 0 saturated heterocycles. The number of hydrogen-bond acceptors (Lipinski definition) is 3. The van der Waals surface area contributed by atoms with Crippen molar-refractivity contribution in [2.45, 2.75) is 52.2 Å². The van der Waals surface area contributed by atoms with E-state index in [1.54, 1.807) is 10.5 Å². The minimum atomic E-state index is -0.250. The van der Waals surface area contributed by atoms with Crippen molar-refractivity contribution in [2.75, 3.05) is 6.61 Å². The van der Waals surface area contributed by atoms with Gasteiger partial charge in [-0.1, -0.05) is 39.0 Å². The van der Waals surface area contributed by atoms with Crippen LogP contribution in [0.25, 0.3) is 0 Å². The van der Waals surface area contributed by atoms with Gasteiger partial charge in [0.05, 0.1) is 6.61 Å². The van der Waals surface area contributed by atoms with Crippen LogP contribution < -0.4 is 0 Å². The maximum Gasteiger partial charge on any atom is 0.290 e. The van der Waals surface area contributed by atoms with Gasteiger partial charge < -0.3 is 10.2 Å². The van der Waals surface area contributed by atoms with E-state index in [0.717, 1.165) is 5.57 Å². The van der Waals surface area contributed by atoms with Gasteiger partial charge in [0.1, 0.15) is 0 Å². The van der Waals surface area contributed by atoms with Crippen LogP contribution in [0.4, 0.5) is 0 Å². The Labute approximate surface area is 138 Å². The number of hydrogen-bond donors (Lipinski definition) is 2. The number of thioether (sulfide) groups is 1. The maximum absolute atomic E-state index is 9.40. The molecule has 0 fully saturated rings. The van der Waals surface area contributed by atoms with Crippen molar-refractivity contribution in [1.82, 2.24) is 0 Å². The molecule has 1 aliphatic carbocycles. The Balaban J connectivity index is 0.000000745. The average molecular weight is 324 g/mol. The van der Waals surface area contributed by atoms with E-state index in [1.165, 1.54) is 24.8 Å². The molecule has 0 aromatic rings. The lowest BCUT2D eigenvalue weighted by Gasteiger charge is -2.32. The molecule has 0 spiro atoms. The molecule has 2 aliphatic rings. The first-order chi connectivity index (χ1) is 10.3. The fourth-order valence-corrected chi connectivity index (χ4v) is 4.99. The molecule has 1 aliphatic heterocycles. The molecule has 0 amide bonds. The van der Waals surface area contributed by atoms with Crippen LogP contribution in [0.2, 0.25) is 0 Å². The van der Waals surface area contributed by atoms with Gasteiger partial charge in [-0.15, -0.1) is 11.8 Å². The molecule has 124 valence electrons. The molecule has 2 N–H and O–H groups in total. The number of allylic oxidation sites excluding steroid dienone is 3. The van der Waals surface area contributed by atoms with Crippen LogP contribution in [0, 0.1) is 11.3 Å². The van der Waals surface area contributed by atoms with Gasteiger partial charge in [0.25, 0.3) is 6.47 Å². The Bertz CT molecular complexity index is 489. The van der Waals surface area contributed by atoms with E-state index in [4.69, 9.17) is 9.90 Å². The normalized spacial score (nSPS) is 27.3. The van der Waals surface area contributed by atoms with E-state index in [0.29, 0.717) is 16.6 Å². The summed E-state index contributed by atoms with van der Waals surface area (Å²) < 4.78 is 0. The Morgan fingerprint density at radius 3 is 2.59 bits per heavy atom. The summed E-state index contributed by atoms with van der Waals surface area (Å²) >= 11 is 2.02. The van der Waals surface area contributed by atoms with Crippen LogP contribution in [-0.4, -0.2) is 28.5 Å². The summed E-state index contributed by atoms with van der Waals surface area (Å²) in [6, 6.07) is 0. The molecule has 4 heteroatoms. The third kappa shape index (κ3) is 4.26. The maximum atomic E-state index is 9.40. The third-order valence-electron chi connectivity index (χ3n) is 4.59. The van der Waals surface area contributed by atoms with Crippen LogP contribution in [0.1, 0.15) is 47.0 Å². The van der Waals surface area contributed by atoms with Crippen molar-refractivity contribution in [1.29, 1.82) is 0 Å². The zero-order chi connectivity index (χ0) is 16.9. The van der Waals surface area contributed by atoms with Gasteiger partial charge in [-0.05, 0) is 53.6 Å². The molecule has 0 bridgehead atoms. The summed E-state index contributed by atoms with van der Waals surface area (Å²) in [4.78, 5) is 9.97. The van der Waals surface area contributed by atoms with E-state index >= 15 is 0 Å². The molecular weight excluding hydrogens is 296 g/mol. The molecule has 0 aromatic heterocycles. The number of carboxylic acid groups (broad SMARTS) is 1. The van der Waals surface area contributed by atoms with E-state index in [9.17, 15) is 5.11 Å². The highest BCUT2D eigenvalue weighted by Gasteiger charge is 2.39. The second kappa shape index (κ2) is 8.02. The highest BCUT2D eigenvalue weighted by Crippen LogP contribution is 2.55. The average Bonchev–Trinajstić information content (AvgIpc) is 2.76. The van der Waals surface area contributed by atoms with Gasteiger partial charge >= 0.3 is 0 Å². The Morgan fingerprint density at radius 2 is 2.09 bits per heavy atom. The minimum absolute atomic E-state index is 0.140. The summed E-state index contributed by atoms with van der Waals surface area (Å²) in [5, 5.41) is 16.7. The molecule has 2 unspecified atom stereocenters. The molecule has 2 rings (SSSR count). The van der Waals surface area contributed by atoms with Gasteiger partial charge in [-0.3, -0.25) is 4.79 Å². The molecular formula is C18H28O3S. The largest absolute Gasteiger partial charge is 0.483 e. The first kappa shape index (κ1) is 19.0. The number of aliphatic hydroxyl groups is 1. The third-order valence-corrected chi connectivity index (χ3v) is 6.25. The highest BCUT2D eigenvalue weighted by atomic mass is 32.2. The van der Waals surface area contributed by atoms with E-state index in [2.05, 4.69) is 27.4 Å². The number of carbonyl (C=O) groups is 1. The summed E-state index contributed by atoms with van der Waals surface area (Å²) in [5.41, 5.74) is 4.43. The van der Waals surface area contributed by atoms with Crippen molar-refractivity contribution >= 4 is 18.2 Å². The van der Waals surface area contributed by atoms with Gasteiger partial charge in [-0.25, -0.2) is 0 Å². The summed E-state index contributed by atoms with van der Waals surface area (Å²) in [6.45, 7) is 13.0. The van der Waals surface area contributed by atoms with Crippen LogP contribution in [0.3, 0.4) is 0 Å². The van der Waals surface area contributed by atoms with Gasteiger partial charge in [0.2, 0.25) is 0 Å². The summed E-state index contributed by atoms with van der Waals surface area (Å²) in [7, 11) is 0. The van der Waals surface area contributed by atoms with Crippen molar-refractivity contribution in [3.8, 4) is 0 Å². The summed E-state index contributed by atoms with van der Waals surface area (Å²) in [6.07, 6.45) is 5.71. The predicted octanol–water partition coefficient (Wildman–Crippen LogP) is 4.40. The number of aliphatic hydroxyl groups excluding tert-OH is 1. The monoisotopic (exact) mass is 324 g/mol. The molecule has 0 aromatic carbocycles. The zero-order valence-electron chi connectivity index (χ0n) is 14.1. The van der Waals surface area contributed by atoms with Crippen molar-refractivity contribution in [3.05, 3.63) is 34.3 Å². The minimum Gasteiger partial charge on any atom is -0.483 e. The molecule has 1 heterocycles. The SMILES string of the molecule is C=C/C(=C(\C)CO)C1SC2=C(CC(C)(C)CC2)C1C.O=CO. The predicted molar refractivity (Wildman–Crippen MR) is 93.9 cm³/mol. The van der Waals surface area contributed by atoms with E-state index < -0.39 is 0 Å². The van der Waals surface area contributed by atoms with Crippen LogP contribution in [-0.2, 0) is 4.79 Å². The zero-order valence-corrected chi connectivity index (χ0v) is 14.9. The smallest absolute Gasteiger partial charge is 0.290 e. The lowest BCUT2D eigenvalue weighted by atomic mass is 9.73.